The van der Waals surface area contributed by atoms with Crippen molar-refractivity contribution in [2.75, 3.05) is 11.9 Å². The molecule has 72 valence electrons. The average molecular weight is 211 g/mol. The molecule has 1 aromatic carbocycles. The number of benzene rings is 1. The van der Waals surface area contributed by atoms with Crippen LogP contribution in [0.15, 0.2) is 18.2 Å². The van der Waals surface area contributed by atoms with Crippen molar-refractivity contribution in [3.8, 4) is 6.07 Å². The van der Waals surface area contributed by atoms with Crippen LogP contribution in [0, 0.1) is 11.3 Å². The SMILES string of the molecule is N#Cc1ccc(Cl)c(NCC(=O)O)c1. The second-order valence-electron chi connectivity index (χ2n) is 2.55. The third kappa shape index (κ3) is 2.64. The molecule has 5 heteroatoms. The fourth-order valence-electron chi connectivity index (χ4n) is 0.901. The summed E-state index contributed by atoms with van der Waals surface area (Å²) in [6, 6.07) is 6.55. The summed E-state index contributed by atoms with van der Waals surface area (Å²) >= 11 is 5.77. The lowest BCUT2D eigenvalue weighted by atomic mass is 10.2. The van der Waals surface area contributed by atoms with Crippen molar-refractivity contribution in [2.45, 2.75) is 0 Å². The van der Waals surface area contributed by atoms with E-state index >= 15 is 0 Å². The van der Waals surface area contributed by atoms with Crippen LogP contribution in [-0.2, 0) is 4.79 Å². The van der Waals surface area contributed by atoms with Crippen molar-refractivity contribution in [1.29, 1.82) is 5.26 Å². The summed E-state index contributed by atoms with van der Waals surface area (Å²) in [5.41, 5.74) is 0.885. The Morgan fingerprint density at radius 1 is 1.64 bits per heavy atom. The highest BCUT2D eigenvalue weighted by Gasteiger charge is 2.03. The molecular weight excluding hydrogens is 204 g/mol. The maximum Gasteiger partial charge on any atom is 0.322 e. The number of carboxylic acid groups (broad SMARTS) is 1. The van der Waals surface area contributed by atoms with Crippen LogP contribution in [0.25, 0.3) is 0 Å². The van der Waals surface area contributed by atoms with E-state index in [2.05, 4.69) is 5.32 Å². The molecule has 0 saturated heterocycles. The van der Waals surface area contributed by atoms with E-state index < -0.39 is 5.97 Å². The highest BCUT2D eigenvalue weighted by atomic mass is 35.5. The number of hydrogen-bond donors (Lipinski definition) is 2. The lowest BCUT2D eigenvalue weighted by Crippen LogP contribution is -2.12. The Morgan fingerprint density at radius 2 is 2.36 bits per heavy atom. The smallest absolute Gasteiger partial charge is 0.322 e. The van der Waals surface area contributed by atoms with Gasteiger partial charge < -0.3 is 10.4 Å². The molecular formula is C9H7ClN2O2. The molecule has 2 N–H and O–H groups in total. The molecule has 0 bridgehead atoms. The summed E-state index contributed by atoms with van der Waals surface area (Å²) < 4.78 is 0. The highest BCUT2D eigenvalue weighted by molar-refractivity contribution is 6.33. The molecule has 0 unspecified atom stereocenters. The minimum atomic E-state index is -0.983. The standard InChI is InChI=1S/C9H7ClN2O2/c10-7-2-1-6(4-11)3-8(7)12-5-9(13)14/h1-3,12H,5H2,(H,13,14). The molecule has 0 heterocycles. The maximum absolute atomic E-state index is 10.3. The number of rotatable bonds is 3. The van der Waals surface area contributed by atoms with Crippen molar-refractivity contribution in [2.24, 2.45) is 0 Å². The van der Waals surface area contributed by atoms with Gasteiger partial charge in [0.15, 0.2) is 0 Å². The van der Waals surface area contributed by atoms with Gasteiger partial charge in [-0.3, -0.25) is 4.79 Å². The van der Waals surface area contributed by atoms with E-state index in [0.717, 1.165) is 0 Å². The van der Waals surface area contributed by atoms with Crippen LogP contribution in [0.4, 0.5) is 5.69 Å². The van der Waals surface area contributed by atoms with Crippen LogP contribution in [0.3, 0.4) is 0 Å². The molecule has 0 spiro atoms. The van der Waals surface area contributed by atoms with Gasteiger partial charge >= 0.3 is 5.97 Å². The summed E-state index contributed by atoms with van der Waals surface area (Å²) in [6.45, 7) is -0.228. The first-order chi connectivity index (χ1) is 6.63. The zero-order chi connectivity index (χ0) is 10.6. The van der Waals surface area contributed by atoms with Crippen molar-refractivity contribution in [3.05, 3.63) is 28.8 Å². The number of aliphatic carboxylic acids is 1. The molecule has 1 rings (SSSR count). The minimum Gasteiger partial charge on any atom is -0.480 e. The Labute approximate surface area is 85.7 Å². The number of nitriles is 1. The maximum atomic E-state index is 10.3. The van der Waals surface area contributed by atoms with Crippen LogP contribution < -0.4 is 5.32 Å². The Hall–Kier alpha value is -1.73. The largest absolute Gasteiger partial charge is 0.480 e. The van der Waals surface area contributed by atoms with E-state index in [1.165, 1.54) is 6.07 Å². The highest BCUT2D eigenvalue weighted by Crippen LogP contribution is 2.22. The Bertz CT molecular complexity index is 398. The van der Waals surface area contributed by atoms with Gasteiger partial charge in [0, 0.05) is 0 Å². The number of nitrogens with zero attached hydrogens (tertiary/aromatic N) is 1. The van der Waals surface area contributed by atoms with Crippen LogP contribution in [0.2, 0.25) is 5.02 Å². The van der Waals surface area contributed by atoms with Crippen LogP contribution in [-0.4, -0.2) is 17.6 Å². The molecule has 4 nitrogen and oxygen atoms in total. The molecule has 0 aliphatic carbocycles. The minimum absolute atomic E-state index is 0.228. The predicted molar refractivity (Wildman–Crippen MR) is 52.3 cm³/mol. The number of carboxylic acids is 1. The predicted octanol–water partition coefficient (Wildman–Crippen LogP) is 1.71. The molecule has 14 heavy (non-hydrogen) atoms. The van der Waals surface area contributed by atoms with E-state index in [1.807, 2.05) is 6.07 Å². The lowest BCUT2D eigenvalue weighted by Gasteiger charge is -2.05. The second kappa shape index (κ2) is 4.49. The summed E-state index contributed by atoms with van der Waals surface area (Å²) in [5.74, 6) is -0.983. The van der Waals surface area contributed by atoms with Crippen LogP contribution >= 0.6 is 11.6 Å². The molecule has 0 aromatic heterocycles. The molecule has 0 aliphatic rings. The summed E-state index contributed by atoms with van der Waals surface area (Å²) in [6.07, 6.45) is 0. The topological polar surface area (TPSA) is 73.1 Å². The zero-order valence-corrected chi connectivity index (χ0v) is 7.88. The summed E-state index contributed by atoms with van der Waals surface area (Å²) in [4.78, 5) is 10.3. The Morgan fingerprint density at radius 3 is 2.93 bits per heavy atom. The van der Waals surface area contributed by atoms with E-state index in [4.69, 9.17) is 22.0 Å². The molecule has 1 aromatic rings. The first kappa shape index (κ1) is 10.4. The quantitative estimate of drug-likeness (QED) is 0.797. The van der Waals surface area contributed by atoms with Crippen molar-refractivity contribution >= 4 is 23.3 Å². The number of anilines is 1. The Kier molecular flexibility index (Phi) is 3.32. The molecule has 0 amide bonds. The first-order valence-electron chi connectivity index (χ1n) is 3.79. The summed E-state index contributed by atoms with van der Waals surface area (Å²) in [7, 11) is 0. The van der Waals surface area contributed by atoms with Crippen molar-refractivity contribution < 1.29 is 9.90 Å². The fraction of sp³-hybridized carbons (Fsp3) is 0.111. The van der Waals surface area contributed by atoms with Gasteiger partial charge in [0.1, 0.15) is 6.54 Å². The third-order valence-electron chi connectivity index (χ3n) is 1.53. The number of carbonyl (C=O) groups is 1. The van der Waals surface area contributed by atoms with Gasteiger partial charge in [-0.25, -0.2) is 0 Å². The second-order valence-corrected chi connectivity index (χ2v) is 2.96. The van der Waals surface area contributed by atoms with Crippen LogP contribution in [0.1, 0.15) is 5.56 Å². The molecule has 0 radical (unpaired) electrons. The monoisotopic (exact) mass is 210 g/mol. The van der Waals surface area contributed by atoms with Crippen molar-refractivity contribution in [1.82, 2.24) is 0 Å². The van der Waals surface area contributed by atoms with E-state index in [9.17, 15) is 4.79 Å². The lowest BCUT2D eigenvalue weighted by molar-refractivity contribution is -0.134. The third-order valence-corrected chi connectivity index (χ3v) is 1.86. The van der Waals surface area contributed by atoms with Crippen molar-refractivity contribution in [3.63, 3.8) is 0 Å². The van der Waals surface area contributed by atoms with Gasteiger partial charge in [-0.1, -0.05) is 11.6 Å². The first-order valence-corrected chi connectivity index (χ1v) is 4.16. The molecule has 0 fully saturated rings. The Balaban J connectivity index is 2.85. The fourth-order valence-corrected chi connectivity index (χ4v) is 1.09. The van der Waals surface area contributed by atoms with E-state index in [-0.39, 0.29) is 6.54 Å². The van der Waals surface area contributed by atoms with Gasteiger partial charge in [-0.2, -0.15) is 5.26 Å². The number of nitrogens with one attached hydrogen (secondary N) is 1. The van der Waals surface area contributed by atoms with Gasteiger partial charge in [0.25, 0.3) is 0 Å². The van der Waals surface area contributed by atoms with Gasteiger partial charge in [-0.15, -0.1) is 0 Å². The number of halogens is 1. The van der Waals surface area contributed by atoms with E-state index in [0.29, 0.717) is 16.3 Å². The number of hydrogen-bond acceptors (Lipinski definition) is 3. The van der Waals surface area contributed by atoms with E-state index in [1.54, 1.807) is 12.1 Å². The van der Waals surface area contributed by atoms with Gasteiger partial charge in [0.05, 0.1) is 22.3 Å². The normalized spacial score (nSPS) is 9.14. The van der Waals surface area contributed by atoms with Crippen LogP contribution in [0.5, 0.6) is 0 Å². The van der Waals surface area contributed by atoms with Gasteiger partial charge in [0.2, 0.25) is 0 Å². The molecule has 0 atom stereocenters. The zero-order valence-electron chi connectivity index (χ0n) is 7.12. The molecule has 0 saturated carbocycles. The molecule has 0 aliphatic heterocycles. The summed E-state index contributed by atoms with van der Waals surface area (Å²) in [5, 5.41) is 20.0. The van der Waals surface area contributed by atoms with Gasteiger partial charge in [-0.05, 0) is 18.2 Å². The average Bonchev–Trinajstić information content (AvgIpc) is 2.16.